The Kier molecular flexibility index (Phi) is 5.56. The first kappa shape index (κ1) is 17.7. The zero-order valence-electron chi connectivity index (χ0n) is 15.0. The molecule has 1 saturated carbocycles. The smallest absolute Gasteiger partial charge is 0.271 e. The van der Waals surface area contributed by atoms with Crippen LogP contribution < -0.4 is 5.32 Å². The van der Waals surface area contributed by atoms with Crippen molar-refractivity contribution < 1.29 is 9.59 Å². The lowest BCUT2D eigenvalue weighted by atomic mass is 9.92. The Balaban J connectivity index is 1.45. The maximum atomic E-state index is 12.4. The van der Waals surface area contributed by atoms with Crippen LogP contribution in [0.4, 0.5) is 0 Å². The minimum atomic E-state index is -0.111. The average molecular weight is 344 g/mol. The van der Waals surface area contributed by atoms with E-state index >= 15 is 0 Å². The van der Waals surface area contributed by atoms with E-state index in [0.29, 0.717) is 17.7 Å². The summed E-state index contributed by atoms with van der Waals surface area (Å²) in [4.78, 5) is 25.6. The molecule has 1 N–H and O–H groups in total. The Hall–Kier alpha value is -2.11. The van der Waals surface area contributed by atoms with Gasteiger partial charge in [0.2, 0.25) is 5.91 Å². The Labute approximate surface area is 149 Å². The van der Waals surface area contributed by atoms with Crippen molar-refractivity contribution in [1.29, 1.82) is 0 Å². The molecular weight excluding hydrogens is 316 g/mol. The highest BCUT2D eigenvalue weighted by atomic mass is 16.2. The summed E-state index contributed by atoms with van der Waals surface area (Å²) in [6, 6.07) is 2.32. The second-order valence-corrected chi connectivity index (χ2v) is 7.40. The van der Waals surface area contributed by atoms with Gasteiger partial charge in [0.15, 0.2) is 0 Å². The summed E-state index contributed by atoms with van der Waals surface area (Å²) in [5.74, 6) is 0.320. The fraction of sp³-hybridized carbons (Fsp3) is 0.632. The number of hydrogen-bond donors (Lipinski definition) is 1. The first-order valence-corrected chi connectivity index (χ1v) is 9.34. The van der Waals surface area contributed by atoms with Crippen LogP contribution in [0.1, 0.15) is 62.0 Å². The Morgan fingerprint density at radius 2 is 2.08 bits per heavy atom. The number of amides is 2. The molecule has 136 valence electrons. The zero-order chi connectivity index (χ0) is 17.8. The van der Waals surface area contributed by atoms with Gasteiger partial charge in [-0.3, -0.25) is 14.3 Å². The van der Waals surface area contributed by atoms with Crippen LogP contribution in [-0.2, 0) is 4.79 Å². The molecule has 1 aromatic rings. The number of rotatable bonds is 6. The van der Waals surface area contributed by atoms with E-state index in [0.717, 1.165) is 32.4 Å². The molecule has 6 nitrogen and oxygen atoms in total. The molecule has 25 heavy (non-hydrogen) atoms. The Morgan fingerprint density at radius 1 is 1.36 bits per heavy atom. The van der Waals surface area contributed by atoms with Gasteiger partial charge in [0.05, 0.1) is 6.04 Å². The number of nitrogens with one attached hydrogen (secondary N) is 1. The minimum Gasteiger partial charge on any atom is -0.348 e. The van der Waals surface area contributed by atoms with E-state index in [-0.39, 0.29) is 17.9 Å². The van der Waals surface area contributed by atoms with Crippen LogP contribution in [-0.4, -0.2) is 45.6 Å². The fourth-order valence-corrected chi connectivity index (χ4v) is 3.89. The van der Waals surface area contributed by atoms with Crippen LogP contribution in [0.5, 0.6) is 0 Å². The SMILES string of the molecule is C=CC(=O)N1CC(CC(C)NC(=O)c2ccn(C3CCCCC3)n2)C1. The second-order valence-electron chi connectivity index (χ2n) is 7.40. The molecule has 1 aliphatic carbocycles. The average Bonchev–Trinajstić information content (AvgIpc) is 3.08. The van der Waals surface area contributed by atoms with Gasteiger partial charge in [-0.1, -0.05) is 25.8 Å². The number of carbonyl (C=O) groups excluding carboxylic acids is 2. The van der Waals surface area contributed by atoms with Crippen molar-refractivity contribution in [1.82, 2.24) is 20.0 Å². The van der Waals surface area contributed by atoms with Crippen LogP contribution in [0, 0.1) is 5.92 Å². The summed E-state index contributed by atoms with van der Waals surface area (Å²) in [6.45, 7) is 7.01. The molecule has 2 amide bonds. The van der Waals surface area contributed by atoms with Crippen LogP contribution in [0.25, 0.3) is 0 Å². The highest BCUT2D eigenvalue weighted by molar-refractivity contribution is 5.92. The molecule has 0 aromatic carbocycles. The highest BCUT2D eigenvalue weighted by Gasteiger charge is 2.30. The van der Waals surface area contributed by atoms with E-state index < -0.39 is 0 Å². The molecule has 1 saturated heterocycles. The molecule has 0 radical (unpaired) electrons. The number of hydrogen-bond acceptors (Lipinski definition) is 3. The van der Waals surface area contributed by atoms with Gasteiger partial charge < -0.3 is 10.2 Å². The van der Waals surface area contributed by atoms with Crippen LogP contribution in [0.2, 0.25) is 0 Å². The molecule has 2 fully saturated rings. The van der Waals surface area contributed by atoms with Crippen LogP contribution in [0.3, 0.4) is 0 Å². The normalized spacial score (nSPS) is 20.0. The Bertz CT molecular complexity index is 627. The molecule has 1 aliphatic heterocycles. The Morgan fingerprint density at radius 3 is 2.76 bits per heavy atom. The summed E-state index contributed by atoms with van der Waals surface area (Å²) in [5, 5.41) is 7.52. The molecule has 1 unspecified atom stereocenters. The summed E-state index contributed by atoms with van der Waals surface area (Å²) in [5.41, 5.74) is 0.495. The number of aromatic nitrogens is 2. The predicted octanol–water partition coefficient (Wildman–Crippen LogP) is 2.54. The van der Waals surface area contributed by atoms with Gasteiger partial charge in [-0.2, -0.15) is 5.10 Å². The third-order valence-corrected chi connectivity index (χ3v) is 5.30. The van der Waals surface area contributed by atoms with E-state index in [1.54, 1.807) is 4.90 Å². The highest BCUT2D eigenvalue weighted by Crippen LogP contribution is 2.27. The standard InChI is InChI=1S/C19H28N4O2/c1-3-18(24)22-12-15(13-22)11-14(2)20-19(25)17-9-10-23(21-17)16-7-5-4-6-8-16/h3,9-10,14-16H,1,4-8,11-13H2,2H3,(H,20,25). The van der Waals surface area contributed by atoms with Crippen LogP contribution in [0.15, 0.2) is 24.9 Å². The van der Waals surface area contributed by atoms with Crippen molar-refractivity contribution >= 4 is 11.8 Å². The van der Waals surface area contributed by atoms with Gasteiger partial charge >= 0.3 is 0 Å². The van der Waals surface area contributed by atoms with Crippen molar-refractivity contribution in [3.8, 4) is 0 Å². The van der Waals surface area contributed by atoms with Crippen molar-refractivity contribution in [3.63, 3.8) is 0 Å². The first-order valence-electron chi connectivity index (χ1n) is 9.34. The maximum absolute atomic E-state index is 12.4. The fourth-order valence-electron chi connectivity index (χ4n) is 3.89. The lowest BCUT2D eigenvalue weighted by Gasteiger charge is -2.39. The van der Waals surface area contributed by atoms with Gasteiger partial charge in [-0.15, -0.1) is 0 Å². The van der Waals surface area contributed by atoms with Crippen LogP contribution >= 0.6 is 0 Å². The lowest BCUT2D eigenvalue weighted by molar-refractivity contribution is -0.132. The van der Waals surface area contributed by atoms with Crippen molar-refractivity contribution in [2.75, 3.05) is 13.1 Å². The van der Waals surface area contributed by atoms with Gasteiger partial charge in [-0.25, -0.2) is 0 Å². The summed E-state index contributed by atoms with van der Waals surface area (Å²) < 4.78 is 1.96. The molecule has 0 bridgehead atoms. The van der Waals surface area contributed by atoms with Gasteiger partial charge in [0, 0.05) is 25.3 Å². The molecular formula is C19H28N4O2. The molecule has 0 spiro atoms. The molecule has 2 aliphatic rings. The zero-order valence-corrected chi connectivity index (χ0v) is 15.0. The van der Waals surface area contributed by atoms with E-state index in [2.05, 4.69) is 17.0 Å². The molecule has 1 aromatic heterocycles. The van der Waals surface area contributed by atoms with E-state index in [9.17, 15) is 9.59 Å². The van der Waals surface area contributed by atoms with Crippen molar-refractivity contribution in [2.24, 2.45) is 5.92 Å². The van der Waals surface area contributed by atoms with Gasteiger partial charge in [0.1, 0.15) is 5.69 Å². The number of likely N-dealkylation sites (tertiary alicyclic amines) is 1. The summed E-state index contributed by atoms with van der Waals surface area (Å²) in [6.07, 6.45) is 10.3. The monoisotopic (exact) mass is 344 g/mol. The first-order chi connectivity index (χ1) is 12.1. The van der Waals surface area contributed by atoms with E-state index in [1.165, 1.54) is 25.3 Å². The maximum Gasteiger partial charge on any atom is 0.271 e. The molecule has 3 rings (SSSR count). The van der Waals surface area contributed by atoms with E-state index in [1.807, 2.05) is 23.9 Å². The third-order valence-electron chi connectivity index (χ3n) is 5.30. The molecule has 1 atom stereocenters. The van der Waals surface area contributed by atoms with Crippen molar-refractivity contribution in [3.05, 3.63) is 30.6 Å². The lowest BCUT2D eigenvalue weighted by Crippen LogP contribution is -2.51. The number of carbonyl (C=O) groups is 2. The molecule has 2 heterocycles. The van der Waals surface area contributed by atoms with Crippen molar-refractivity contribution in [2.45, 2.75) is 57.5 Å². The largest absolute Gasteiger partial charge is 0.348 e. The topological polar surface area (TPSA) is 67.2 Å². The third kappa shape index (κ3) is 4.30. The minimum absolute atomic E-state index is 0.0128. The quantitative estimate of drug-likeness (QED) is 0.807. The predicted molar refractivity (Wildman–Crippen MR) is 96.2 cm³/mol. The second kappa shape index (κ2) is 7.85. The van der Waals surface area contributed by atoms with Gasteiger partial charge in [0.25, 0.3) is 5.91 Å². The van der Waals surface area contributed by atoms with E-state index in [4.69, 9.17) is 0 Å². The number of nitrogens with zero attached hydrogens (tertiary/aromatic N) is 3. The molecule has 6 heteroatoms. The van der Waals surface area contributed by atoms with Gasteiger partial charge in [-0.05, 0) is 44.2 Å². The summed E-state index contributed by atoms with van der Waals surface area (Å²) >= 11 is 0. The summed E-state index contributed by atoms with van der Waals surface area (Å²) in [7, 11) is 0.